The normalized spacial score (nSPS) is 11.4. The lowest BCUT2D eigenvalue weighted by Crippen LogP contribution is -2.32. The van der Waals surface area contributed by atoms with Gasteiger partial charge in [0.1, 0.15) is 18.5 Å². The number of benzene rings is 1. The molecular formula is C21H30N2O9. The molecule has 32 heavy (non-hydrogen) atoms. The van der Waals surface area contributed by atoms with Crippen molar-refractivity contribution in [2.75, 3.05) is 32.9 Å². The van der Waals surface area contributed by atoms with E-state index in [-0.39, 0.29) is 19.2 Å². The second-order valence-corrected chi connectivity index (χ2v) is 6.78. The Balaban J connectivity index is 0.000000751. The average molecular weight is 454 g/mol. The first-order chi connectivity index (χ1) is 15.1. The Morgan fingerprint density at radius 2 is 1.84 bits per heavy atom. The van der Waals surface area contributed by atoms with E-state index >= 15 is 0 Å². The molecular weight excluding hydrogens is 424 g/mol. The van der Waals surface area contributed by atoms with Gasteiger partial charge >= 0.3 is 17.9 Å². The molecule has 0 bridgehead atoms. The molecule has 0 saturated heterocycles. The van der Waals surface area contributed by atoms with Gasteiger partial charge in [-0.3, -0.25) is 0 Å². The van der Waals surface area contributed by atoms with Crippen LogP contribution < -0.4 is 10.1 Å². The maximum Gasteiger partial charge on any atom is 0.414 e. The molecule has 2 rings (SSSR count). The summed E-state index contributed by atoms with van der Waals surface area (Å²) in [5, 5.41) is 37.3. The molecule has 1 unspecified atom stereocenters. The van der Waals surface area contributed by atoms with E-state index in [0.29, 0.717) is 37.4 Å². The molecule has 0 radical (unpaired) electrons. The Kier molecular flexibility index (Phi) is 11.2. The van der Waals surface area contributed by atoms with Crippen LogP contribution in [0.4, 0.5) is 0 Å². The van der Waals surface area contributed by atoms with Gasteiger partial charge in [-0.15, -0.1) is 0 Å². The van der Waals surface area contributed by atoms with Crippen LogP contribution in [0.5, 0.6) is 5.75 Å². The van der Waals surface area contributed by atoms with Gasteiger partial charge in [-0.05, 0) is 45.0 Å². The Labute approximate surface area is 185 Å². The lowest BCUT2D eigenvalue weighted by molar-refractivity contribution is -0.159. The minimum absolute atomic E-state index is 0.124. The smallest absolute Gasteiger partial charge is 0.414 e. The summed E-state index contributed by atoms with van der Waals surface area (Å²) in [7, 11) is 1.91. The van der Waals surface area contributed by atoms with Gasteiger partial charge in [-0.2, -0.15) is 0 Å². The predicted octanol–water partition coefficient (Wildman–Crippen LogP) is 0.531. The van der Waals surface area contributed by atoms with E-state index in [4.69, 9.17) is 34.4 Å². The van der Waals surface area contributed by atoms with Crippen molar-refractivity contribution in [1.82, 2.24) is 9.88 Å². The summed E-state index contributed by atoms with van der Waals surface area (Å²) in [5.74, 6) is -3.41. The lowest BCUT2D eigenvalue weighted by atomic mass is 10.1. The molecule has 1 aromatic heterocycles. The molecule has 0 saturated carbocycles. The van der Waals surface area contributed by atoms with Gasteiger partial charge in [0.05, 0.1) is 12.2 Å². The van der Waals surface area contributed by atoms with Crippen molar-refractivity contribution in [3.63, 3.8) is 0 Å². The number of rotatable bonds is 10. The fourth-order valence-electron chi connectivity index (χ4n) is 2.83. The van der Waals surface area contributed by atoms with E-state index in [9.17, 15) is 9.90 Å². The molecule has 1 heterocycles. The van der Waals surface area contributed by atoms with E-state index in [1.165, 1.54) is 0 Å². The third kappa shape index (κ3) is 7.84. The van der Waals surface area contributed by atoms with Crippen LogP contribution >= 0.6 is 0 Å². The molecule has 11 heteroatoms. The Morgan fingerprint density at radius 1 is 1.19 bits per heavy atom. The standard InChI is InChI=1S/C19H28N2O5.C2H2O4/c1-4-25-19(24)18-13(2)21(3)17-7-6-15(10-16(17)18)26-12-14(23)11-20-8-5-9-22;3-1(4)2(5)6/h6-7,10,14,20,22-23H,4-5,8-9,11-12H2,1-3H3;(H,3,4)(H,5,6). The summed E-state index contributed by atoms with van der Waals surface area (Å²) in [5.41, 5.74) is 2.30. The lowest BCUT2D eigenvalue weighted by Gasteiger charge is -2.13. The molecule has 0 aliphatic heterocycles. The molecule has 1 aromatic carbocycles. The molecule has 0 aliphatic carbocycles. The monoisotopic (exact) mass is 454 g/mol. The number of nitrogens with zero attached hydrogens (tertiary/aromatic N) is 1. The summed E-state index contributed by atoms with van der Waals surface area (Å²) < 4.78 is 12.8. The highest BCUT2D eigenvalue weighted by molar-refractivity contribution is 6.27. The first-order valence-electron chi connectivity index (χ1n) is 9.98. The quantitative estimate of drug-likeness (QED) is 0.194. The molecule has 178 valence electrons. The number of carbonyl (C=O) groups is 3. The topological polar surface area (TPSA) is 168 Å². The number of carboxylic acids is 2. The van der Waals surface area contributed by atoms with Gasteiger partial charge in [-0.25, -0.2) is 14.4 Å². The van der Waals surface area contributed by atoms with E-state index in [1.807, 2.05) is 30.7 Å². The summed E-state index contributed by atoms with van der Waals surface area (Å²) in [6.07, 6.45) is -0.0137. The Bertz CT molecular complexity index is 912. The number of aromatic nitrogens is 1. The zero-order valence-electron chi connectivity index (χ0n) is 18.3. The first-order valence-corrected chi connectivity index (χ1v) is 9.98. The van der Waals surface area contributed by atoms with Crippen LogP contribution in [0.25, 0.3) is 10.9 Å². The van der Waals surface area contributed by atoms with Crippen LogP contribution in [0.15, 0.2) is 18.2 Å². The first kappa shape index (κ1) is 26.9. The van der Waals surface area contributed by atoms with Crippen LogP contribution in [0.1, 0.15) is 29.4 Å². The maximum absolute atomic E-state index is 12.3. The largest absolute Gasteiger partial charge is 0.491 e. The number of carboxylic acid groups (broad SMARTS) is 2. The zero-order chi connectivity index (χ0) is 24.3. The van der Waals surface area contributed by atoms with Crippen molar-refractivity contribution in [3.05, 3.63) is 29.5 Å². The number of aliphatic carboxylic acids is 2. The Morgan fingerprint density at radius 3 is 2.41 bits per heavy atom. The number of aliphatic hydroxyl groups is 2. The molecule has 1 atom stereocenters. The third-order valence-electron chi connectivity index (χ3n) is 4.46. The predicted molar refractivity (Wildman–Crippen MR) is 115 cm³/mol. The number of hydrogen-bond donors (Lipinski definition) is 5. The molecule has 5 N–H and O–H groups in total. The SMILES string of the molecule is CCOC(=O)c1c(C)n(C)c2ccc(OCC(O)CNCCCO)cc12.O=C(O)C(=O)O. The van der Waals surface area contributed by atoms with Crippen molar-refractivity contribution in [3.8, 4) is 5.75 Å². The number of ether oxygens (including phenoxy) is 2. The Hall–Kier alpha value is -3.15. The van der Waals surface area contributed by atoms with E-state index in [2.05, 4.69) is 5.32 Å². The second-order valence-electron chi connectivity index (χ2n) is 6.78. The van der Waals surface area contributed by atoms with Crippen molar-refractivity contribution in [2.45, 2.75) is 26.4 Å². The number of carbonyl (C=O) groups excluding carboxylic acids is 1. The van der Waals surface area contributed by atoms with Crippen molar-refractivity contribution in [2.24, 2.45) is 7.05 Å². The van der Waals surface area contributed by atoms with E-state index in [1.54, 1.807) is 13.0 Å². The molecule has 0 spiro atoms. The van der Waals surface area contributed by atoms with Gasteiger partial charge in [0.25, 0.3) is 0 Å². The number of aliphatic hydroxyl groups excluding tert-OH is 2. The van der Waals surface area contributed by atoms with Gasteiger partial charge in [0, 0.05) is 36.8 Å². The minimum Gasteiger partial charge on any atom is -0.491 e. The molecule has 0 amide bonds. The second kappa shape index (κ2) is 13.3. The highest BCUT2D eigenvalue weighted by atomic mass is 16.5. The maximum atomic E-state index is 12.3. The number of esters is 1. The average Bonchev–Trinajstić information content (AvgIpc) is 3.00. The highest BCUT2D eigenvalue weighted by Gasteiger charge is 2.20. The number of aryl methyl sites for hydroxylation is 1. The van der Waals surface area contributed by atoms with Gasteiger partial charge in [0.15, 0.2) is 0 Å². The van der Waals surface area contributed by atoms with Gasteiger partial charge in [-0.1, -0.05) is 0 Å². The van der Waals surface area contributed by atoms with Crippen LogP contribution in [0.2, 0.25) is 0 Å². The third-order valence-corrected chi connectivity index (χ3v) is 4.46. The van der Waals surface area contributed by atoms with E-state index < -0.39 is 18.0 Å². The van der Waals surface area contributed by atoms with Crippen LogP contribution in [0, 0.1) is 6.92 Å². The van der Waals surface area contributed by atoms with Crippen molar-refractivity contribution < 1.29 is 44.3 Å². The molecule has 11 nitrogen and oxygen atoms in total. The summed E-state index contributed by atoms with van der Waals surface area (Å²) >= 11 is 0. The zero-order valence-corrected chi connectivity index (χ0v) is 18.3. The summed E-state index contributed by atoms with van der Waals surface area (Å²) in [4.78, 5) is 30.5. The highest BCUT2D eigenvalue weighted by Crippen LogP contribution is 2.29. The number of hydrogen-bond acceptors (Lipinski definition) is 8. The fourth-order valence-corrected chi connectivity index (χ4v) is 2.83. The fraction of sp³-hybridized carbons (Fsp3) is 0.476. The summed E-state index contributed by atoms with van der Waals surface area (Å²) in [6.45, 7) is 5.28. The summed E-state index contributed by atoms with van der Waals surface area (Å²) in [6, 6.07) is 5.52. The van der Waals surface area contributed by atoms with Crippen LogP contribution in [0.3, 0.4) is 0 Å². The minimum atomic E-state index is -1.82. The van der Waals surface area contributed by atoms with Crippen molar-refractivity contribution in [1.29, 1.82) is 0 Å². The van der Waals surface area contributed by atoms with E-state index in [0.717, 1.165) is 16.6 Å². The van der Waals surface area contributed by atoms with Crippen LogP contribution in [-0.2, 0) is 21.4 Å². The molecule has 0 fully saturated rings. The van der Waals surface area contributed by atoms with Gasteiger partial charge in [0.2, 0.25) is 0 Å². The van der Waals surface area contributed by atoms with Crippen LogP contribution in [-0.4, -0.2) is 81.9 Å². The molecule has 2 aromatic rings. The molecule has 0 aliphatic rings. The van der Waals surface area contributed by atoms with Crippen molar-refractivity contribution >= 4 is 28.8 Å². The van der Waals surface area contributed by atoms with Gasteiger partial charge < -0.3 is 39.8 Å². The number of fused-ring (bicyclic) bond motifs is 1. The number of nitrogens with one attached hydrogen (secondary N) is 1.